The van der Waals surface area contributed by atoms with Gasteiger partial charge in [0.25, 0.3) is 0 Å². The van der Waals surface area contributed by atoms with Crippen LogP contribution in [-0.2, 0) is 0 Å². The average molecular weight is 261 g/mol. The van der Waals surface area contributed by atoms with Crippen molar-refractivity contribution < 1.29 is 9.47 Å². The van der Waals surface area contributed by atoms with Gasteiger partial charge in [-0.25, -0.2) is 0 Å². The summed E-state index contributed by atoms with van der Waals surface area (Å²) >= 11 is 0. The lowest BCUT2D eigenvalue weighted by atomic mass is 9.99. The second kappa shape index (κ2) is 5.72. The average Bonchev–Trinajstić information content (AvgIpc) is 2.85. The van der Waals surface area contributed by atoms with E-state index in [2.05, 4.69) is 24.4 Å². The summed E-state index contributed by atoms with van der Waals surface area (Å²) in [6, 6.07) is 6.72. The number of fused-ring (bicyclic) bond motifs is 1. The Morgan fingerprint density at radius 3 is 2.58 bits per heavy atom. The Morgan fingerprint density at radius 2 is 1.79 bits per heavy atom. The number of hydrogen-bond donors (Lipinski definition) is 1. The third-order valence-corrected chi connectivity index (χ3v) is 4.25. The zero-order valence-electron chi connectivity index (χ0n) is 11.7. The van der Waals surface area contributed by atoms with Crippen LogP contribution in [0.25, 0.3) is 0 Å². The highest BCUT2D eigenvalue weighted by Gasteiger charge is 2.21. The number of benzene rings is 1. The molecule has 1 atom stereocenters. The first kappa shape index (κ1) is 12.6. The van der Waals surface area contributed by atoms with Crippen molar-refractivity contribution in [2.24, 2.45) is 5.92 Å². The molecule has 0 radical (unpaired) electrons. The Bertz CT molecular complexity index is 427. The van der Waals surface area contributed by atoms with Crippen molar-refractivity contribution in [3.05, 3.63) is 18.2 Å². The number of rotatable bonds is 3. The van der Waals surface area contributed by atoms with Crippen molar-refractivity contribution in [2.45, 2.75) is 45.1 Å². The maximum Gasteiger partial charge on any atom is 0.163 e. The second-order valence-electron chi connectivity index (χ2n) is 5.69. The van der Waals surface area contributed by atoms with Crippen LogP contribution in [-0.4, -0.2) is 19.3 Å². The van der Waals surface area contributed by atoms with E-state index < -0.39 is 0 Å². The van der Waals surface area contributed by atoms with Gasteiger partial charge in [0.15, 0.2) is 11.5 Å². The summed E-state index contributed by atoms with van der Waals surface area (Å²) in [7, 11) is 0. The van der Waals surface area contributed by atoms with Gasteiger partial charge in [-0.05, 0) is 37.8 Å². The SMILES string of the molecule is CC(Nc1ccc2c(c1)OCCCO2)C1CCCC1. The highest BCUT2D eigenvalue weighted by atomic mass is 16.5. The van der Waals surface area contributed by atoms with E-state index in [4.69, 9.17) is 9.47 Å². The first-order chi connectivity index (χ1) is 9.33. The minimum absolute atomic E-state index is 0.534. The molecule has 2 aliphatic rings. The van der Waals surface area contributed by atoms with Crippen LogP contribution < -0.4 is 14.8 Å². The molecule has 1 aromatic carbocycles. The molecule has 104 valence electrons. The quantitative estimate of drug-likeness (QED) is 0.896. The van der Waals surface area contributed by atoms with E-state index in [0.717, 1.165) is 42.7 Å². The standard InChI is InChI=1S/C16H23NO2/c1-12(13-5-2-3-6-13)17-14-7-8-15-16(11-14)19-10-4-9-18-15/h7-8,11-13,17H,2-6,9-10H2,1H3. The molecule has 1 unspecified atom stereocenters. The molecule has 1 fully saturated rings. The fourth-order valence-electron chi connectivity index (χ4n) is 3.09. The first-order valence-electron chi connectivity index (χ1n) is 7.49. The molecule has 3 heteroatoms. The van der Waals surface area contributed by atoms with Crippen molar-refractivity contribution in [3.63, 3.8) is 0 Å². The highest BCUT2D eigenvalue weighted by molar-refractivity contribution is 5.55. The molecule has 0 spiro atoms. The largest absolute Gasteiger partial charge is 0.490 e. The predicted octanol–water partition coefficient (Wildman–Crippen LogP) is 3.84. The third kappa shape index (κ3) is 2.96. The van der Waals surface area contributed by atoms with Gasteiger partial charge in [-0.15, -0.1) is 0 Å². The van der Waals surface area contributed by atoms with Crippen molar-refractivity contribution >= 4 is 5.69 Å². The lowest BCUT2D eigenvalue weighted by Gasteiger charge is -2.22. The van der Waals surface area contributed by atoms with Crippen molar-refractivity contribution in [1.29, 1.82) is 0 Å². The molecule has 0 amide bonds. The lowest BCUT2D eigenvalue weighted by molar-refractivity contribution is 0.297. The van der Waals surface area contributed by atoms with Gasteiger partial charge in [0.1, 0.15) is 0 Å². The third-order valence-electron chi connectivity index (χ3n) is 4.25. The first-order valence-corrected chi connectivity index (χ1v) is 7.49. The second-order valence-corrected chi connectivity index (χ2v) is 5.69. The Morgan fingerprint density at radius 1 is 1.05 bits per heavy atom. The van der Waals surface area contributed by atoms with Gasteiger partial charge in [0.05, 0.1) is 13.2 Å². The summed E-state index contributed by atoms with van der Waals surface area (Å²) in [5.41, 5.74) is 1.14. The van der Waals surface area contributed by atoms with Gasteiger partial charge in [-0.3, -0.25) is 0 Å². The van der Waals surface area contributed by atoms with Gasteiger partial charge in [-0.2, -0.15) is 0 Å². The van der Waals surface area contributed by atoms with Crippen LogP contribution in [0.5, 0.6) is 11.5 Å². The van der Waals surface area contributed by atoms with E-state index in [9.17, 15) is 0 Å². The van der Waals surface area contributed by atoms with Crippen LogP contribution >= 0.6 is 0 Å². The molecule has 1 N–H and O–H groups in total. The van der Waals surface area contributed by atoms with E-state index in [1.165, 1.54) is 25.7 Å². The van der Waals surface area contributed by atoms with Crippen LogP contribution in [0.2, 0.25) is 0 Å². The van der Waals surface area contributed by atoms with Gasteiger partial charge >= 0.3 is 0 Å². The summed E-state index contributed by atoms with van der Waals surface area (Å²) in [4.78, 5) is 0. The summed E-state index contributed by atoms with van der Waals surface area (Å²) in [5, 5.41) is 3.62. The lowest BCUT2D eigenvalue weighted by Crippen LogP contribution is -2.23. The van der Waals surface area contributed by atoms with E-state index in [-0.39, 0.29) is 0 Å². The van der Waals surface area contributed by atoms with E-state index in [1.807, 2.05) is 6.07 Å². The maximum atomic E-state index is 5.73. The van der Waals surface area contributed by atoms with Gasteiger partial charge < -0.3 is 14.8 Å². The zero-order valence-corrected chi connectivity index (χ0v) is 11.7. The molecule has 1 saturated carbocycles. The Hall–Kier alpha value is -1.38. The van der Waals surface area contributed by atoms with E-state index in [1.54, 1.807) is 0 Å². The summed E-state index contributed by atoms with van der Waals surface area (Å²) in [6.45, 7) is 3.78. The smallest absolute Gasteiger partial charge is 0.163 e. The van der Waals surface area contributed by atoms with E-state index >= 15 is 0 Å². The molecule has 19 heavy (non-hydrogen) atoms. The minimum Gasteiger partial charge on any atom is -0.490 e. The minimum atomic E-state index is 0.534. The van der Waals surface area contributed by atoms with Crippen molar-refractivity contribution in [1.82, 2.24) is 0 Å². The van der Waals surface area contributed by atoms with Crippen molar-refractivity contribution in [2.75, 3.05) is 18.5 Å². The Balaban J connectivity index is 1.69. The molecule has 1 aliphatic carbocycles. The molecule has 0 aromatic heterocycles. The van der Waals surface area contributed by atoms with Crippen LogP contribution in [0, 0.1) is 5.92 Å². The molecular weight excluding hydrogens is 238 g/mol. The maximum absolute atomic E-state index is 5.73. The molecule has 3 rings (SSSR count). The van der Waals surface area contributed by atoms with Gasteiger partial charge in [0.2, 0.25) is 0 Å². The molecule has 1 aliphatic heterocycles. The molecular formula is C16H23NO2. The topological polar surface area (TPSA) is 30.5 Å². The molecule has 0 bridgehead atoms. The van der Waals surface area contributed by atoms with E-state index in [0.29, 0.717) is 6.04 Å². The molecule has 0 saturated heterocycles. The summed E-state index contributed by atoms with van der Waals surface area (Å²) in [6.07, 6.45) is 6.45. The number of hydrogen-bond acceptors (Lipinski definition) is 3. The Labute approximate surface area is 115 Å². The van der Waals surface area contributed by atoms with Crippen LogP contribution in [0.4, 0.5) is 5.69 Å². The van der Waals surface area contributed by atoms with Crippen LogP contribution in [0.15, 0.2) is 18.2 Å². The number of nitrogens with one attached hydrogen (secondary N) is 1. The normalized spacial score (nSPS) is 20.9. The molecule has 1 aromatic rings. The van der Waals surface area contributed by atoms with Gasteiger partial charge in [0, 0.05) is 24.2 Å². The van der Waals surface area contributed by atoms with Gasteiger partial charge in [-0.1, -0.05) is 12.8 Å². The fourth-order valence-corrected chi connectivity index (χ4v) is 3.09. The molecule has 1 heterocycles. The number of ether oxygens (including phenoxy) is 2. The number of anilines is 1. The predicted molar refractivity (Wildman–Crippen MR) is 77.1 cm³/mol. The Kier molecular flexibility index (Phi) is 3.81. The molecule has 3 nitrogen and oxygen atoms in total. The summed E-state index contributed by atoms with van der Waals surface area (Å²) < 4.78 is 11.4. The van der Waals surface area contributed by atoms with Crippen molar-refractivity contribution in [3.8, 4) is 11.5 Å². The fraction of sp³-hybridized carbons (Fsp3) is 0.625. The summed E-state index contributed by atoms with van der Waals surface area (Å²) in [5.74, 6) is 2.56. The monoisotopic (exact) mass is 261 g/mol. The van der Waals surface area contributed by atoms with Crippen LogP contribution in [0.3, 0.4) is 0 Å². The van der Waals surface area contributed by atoms with Crippen LogP contribution in [0.1, 0.15) is 39.0 Å². The highest BCUT2D eigenvalue weighted by Crippen LogP contribution is 2.34. The zero-order chi connectivity index (χ0) is 13.1.